The molecule has 0 aromatic heterocycles. The second-order valence-corrected chi connectivity index (χ2v) is 7.08. The van der Waals surface area contributed by atoms with Gasteiger partial charge in [0.05, 0.1) is 0 Å². The SMILES string of the molecule is [CH2-]CCCCCCCCCCCCC.[Cl][Ru][Cl]. The molecule has 0 atom stereocenters. The van der Waals surface area contributed by atoms with Crippen molar-refractivity contribution in [2.45, 2.75) is 84.0 Å². The first-order valence-electron chi connectivity index (χ1n) is 6.97. The van der Waals surface area contributed by atoms with Crippen LogP contribution in [0.25, 0.3) is 0 Å². The average molecular weight is 369 g/mol. The molecule has 0 spiro atoms. The van der Waals surface area contributed by atoms with E-state index in [0.717, 1.165) is 6.42 Å². The Bertz CT molecular complexity index is 98.4. The summed E-state index contributed by atoms with van der Waals surface area (Å²) in [5.74, 6) is 0. The van der Waals surface area contributed by atoms with E-state index in [0.29, 0.717) is 0 Å². The van der Waals surface area contributed by atoms with Crippen molar-refractivity contribution in [1.82, 2.24) is 0 Å². The van der Waals surface area contributed by atoms with Gasteiger partial charge in [0, 0.05) is 0 Å². The van der Waals surface area contributed by atoms with Gasteiger partial charge in [-0.05, 0) is 0 Å². The molecule has 0 aromatic rings. The summed E-state index contributed by atoms with van der Waals surface area (Å²) in [6.45, 7) is 6.14. The van der Waals surface area contributed by atoms with Crippen LogP contribution in [0.5, 0.6) is 0 Å². The zero-order valence-corrected chi connectivity index (χ0v) is 14.6. The molecule has 108 valence electrons. The number of hydrogen-bond donors (Lipinski definition) is 0. The van der Waals surface area contributed by atoms with Crippen LogP contribution in [0.15, 0.2) is 0 Å². The van der Waals surface area contributed by atoms with E-state index >= 15 is 0 Å². The van der Waals surface area contributed by atoms with Crippen LogP contribution in [0, 0.1) is 6.92 Å². The Hall–Kier alpha value is 1.20. The van der Waals surface area contributed by atoms with E-state index in [1.54, 1.807) is 0 Å². The fourth-order valence-electron chi connectivity index (χ4n) is 1.84. The van der Waals surface area contributed by atoms with Crippen LogP contribution >= 0.6 is 19.4 Å². The molecule has 0 unspecified atom stereocenters. The summed E-state index contributed by atoms with van der Waals surface area (Å²) < 4.78 is 0. The quantitative estimate of drug-likeness (QED) is 0.211. The van der Waals surface area contributed by atoms with Crippen LogP contribution in [-0.4, -0.2) is 0 Å². The predicted molar refractivity (Wildman–Crippen MR) is 78.1 cm³/mol. The standard InChI is InChI=1S/C14H29.2ClH.Ru/c1-3-5-7-9-11-13-14-12-10-8-6-4-2;;;/h1,3-14H2,2H3;2*1H;/q-1;;;+2/p-2. The van der Waals surface area contributed by atoms with Gasteiger partial charge >= 0.3 is 34.5 Å². The van der Waals surface area contributed by atoms with Crippen LogP contribution in [-0.2, 0) is 15.1 Å². The van der Waals surface area contributed by atoms with Crippen LogP contribution in [0.3, 0.4) is 0 Å². The molecule has 0 amide bonds. The summed E-state index contributed by atoms with van der Waals surface area (Å²) in [6, 6.07) is 0. The zero-order valence-electron chi connectivity index (χ0n) is 11.3. The maximum absolute atomic E-state index is 4.85. The topological polar surface area (TPSA) is 0 Å². The molecule has 0 aliphatic rings. The minimum atomic E-state index is -0.346. The summed E-state index contributed by atoms with van der Waals surface area (Å²) in [4.78, 5) is 0. The second kappa shape index (κ2) is 22.4. The fourth-order valence-corrected chi connectivity index (χ4v) is 1.84. The molecule has 0 aliphatic heterocycles. The van der Waals surface area contributed by atoms with Gasteiger partial charge in [0.25, 0.3) is 0 Å². The normalized spacial score (nSPS) is 10.1. The van der Waals surface area contributed by atoms with Crippen molar-refractivity contribution < 1.29 is 15.1 Å². The van der Waals surface area contributed by atoms with Crippen LogP contribution in [0.2, 0.25) is 0 Å². The van der Waals surface area contributed by atoms with Crippen molar-refractivity contribution in [3.8, 4) is 0 Å². The molecule has 0 aromatic carbocycles. The Labute approximate surface area is 125 Å². The van der Waals surface area contributed by atoms with Crippen molar-refractivity contribution >= 4 is 19.4 Å². The third-order valence-corrected chi connectivity index (χ3v) is 2.85. The first kappa shape index (κ1) is 20.5. The molecule has 0 heterocycles. The van der Waals surface area contributed by atoms with Gasteiger partial charge in [-0.25, -0.2) is 0 Å². The van der Waals surface area contributed by atoms with E-state index in [-0.39, 0.29) is 15.1 Å². The third kappa shape index (κ3) is 26.7. The van der Waals surface area contributed by atoms with Gasteiger partial charge in [0.2, 0.25) is 0 Å². The summed E-state index contributed by atoms with van der Waals surface area (Å²) in [5.41, 5.74) is 0. The first-order valence-corrected chi connectivity index (χ1v) is 11.5. The summed E-state index contributed by atoms with van der Waals surface area (Å²) in [7, 11) is 9.71. The van der Waals surface area contributed by atoms with Crippen LogP contribution in [0.1, 0.15) is 84.0 Å². The molecule has 0 aliphatic carbocycles. The first-order chi connectivity index (χ1) is 8.33. The van der Waals surface area contributed by atoms with E-state index in [1.165, 1.54) is 70.6 Å². The van der Waals surface area contributed by atoms with Gasteiger partial charge in [0.15, 0.2) is 0 Å². The number of rotatable bonds is 11. The van der Waals surface area contributed by atoms with Crippen LogP contribution < -0.4 is 0 Å². The third-order valence-electron chi connectivity index (χ3n) is 2.85. The van der Waals surface area contributed by atoms with E-state index in [4.69, 9.17) is 19.4 Å². The Balaban J connectivity index is 0. The number of unbranched alkanes of at least 4 members (excludes halogenated alkanes) is 11. The second-order valence-electron chi connectivity index (χ2n) is 4.44. The summed E-state index contributed by atoms with van der Waals surface area (Å²) in [5, 5.41) is 0. The van der Waals surface area contributed by atoms with Crippen molar-refractivity contribution in [2.24, 2.45) is 0 Å². The Kier molecular flexibility index (Phi) is 27.0. The van der Waals surface area contributed by atoms with E-state index < -0.39 is 0 Å². The predicted octanol–water partition coefficient (Wildman–Crippen LogP) is 6.90. The molecular weight excluding hydrogens is 340 g/mol. The monoisotopic (exact) mass is 369 g/mol. The van der Waals surface area contributed by atoms with Gasteiger partial charge in [-0.3, -0.25) is 0 Å². The molecule has 0 rings (SSSR count). The van der Waals surface area contributed by atoms with E-state index in [2.05, 4.69) is 13.8 Å². The molecule has 0 saturated carbocycles. The Morgan fingerprint density at radius 1 is 0.706 bits per heavy atom. The minimum absolute atomic E-state index is 0.346. The molecule has 0 bridgehead atoms. The van der Waals surface area contributed by atoms with E-state index in [1.807, 2.05) is 0 Å². The molecule has 0 fully saturated rings. The molecule has 0 N–H and O–H groups in total. The van der Waals surface area contributed by atoms with Crippen molar-refractivity contribution in [1.29, 1.82) is 0 Å². The average Bonchev–Trinajstić information content (AvgIpc) is 2.33. The summed E-state index contributed by atoms with van der Waals surface area (Å²) >= 11 is -0.346. The van der Waals surface area contributed by atoms with Gasteiger partial charge in [-0.15, -0.1) is 0 Å². The number of hydrogen-bond acceptors (Lipinski definition) is 0. The van der Waals surface area contributed by atoms with Gasteiger partial charge < -0.3 is 6.92 Å². The van der Waals surface area contributed by atoms with Gasteiger partial charge in [-0.1, -0.05) is 77.6 Å². The zero-order chi connectivity index (χ0) is 13.2. The molecule has 17 heavy (non-hydrogen) atoms. The van der Waals surface area contributed by atoms with Crippen molar-refractivity contribution in [3.63, 3.8) is 0 Å². The Morgan fingerprint density at radius 3 is 1.29 bits per heavy atom. The maximum atomic E-state index is 4.85. The molecule has 0 saturated heterocycles. The van der Waals surface area contributed by atoms with Crippen molar-refractivity contribution in [2.75, 3.05) is 0 Å². The number of halogens is 2. The van der Waals surface area contributed by atoms with Crippen LogP contribution in [0.4, 0.5) is 0 Å². The molecule has 0 nitrogen and oxygen atoms in total. The van der Waals surface area contributed by atoms with Crippen molar-refractivity contribution in [3.05, 3.63) is 6.92 Å². The van der Waals surface area contributed by atoms with Gasteiger partial charge in [0.1, 0.15) is 0 Å². The molecule has 3 heteroatoms. The van der Waals surface area contributed by atoms with Gasteiger partial charge in [-0.2, -0.15) is 6.42 Å². The Morgan fingerprint density at radius 2 is 1.00 bits per heavy atom. The fraction of sp³-hybridized carbons (Fsp3) is 0.929. The van der Waals surface area contributed by atoms with E-state index in [9.17, 15) is 0 Å². The summed E-state index contributed by atoms with van der Waals surface area (Å²) in [6.07, 6.45) is 16.9. The molecular formula is C14H29Cl2Ru-. The molecule has 0 radical (unpaired) electrons.